The second-order valence-corrected chi connectivity index (χ2v) is 16.5. The van der Waals surface area contributed by atoms with Gasteiger partial charge < -0.3 is 39.8 Å². The Kier molecular flexibility index (Phi) is 34.0. The molecule has 2 rings (SSSR count). The van der Waals surface area contributed by atoms with E-state index in [-0.39, 0.29) is 43.0 Å². The number of unbranched alkanes of at least 4 members (excludes halogenated alkanes) is 2. The van der Waals surface area contributed by atoms with Crippen LogP contribution in [0.5, 0.6) is 5.75 Å². The summed E-state index contributed by atoms with van der Waals surface area (Å²) in [4.78, 5) is 69.5. The Labute approximate surface area is 372 Å². The number of ether oxygens (including phenoxy) is 2. The van der Waals surface area contributed by atoms with Gasteiger partial charge in [-0.25, -0.2) is 4.98 Å². The molecule has 0 radical (unpaired) electrons. The Morgan fingerprint density at radius 1 is 0.967 bits per heavy atom. The minimum Gasteiger partial charge on any atom is -0.508 e. The maximum Gasteiger partial charge on any atom is 0.303 e. The summed E-state index contributed by atoms with van der Waals surface area (Å²) in [6, 6.07) is 5.73. The molecular weight excluding hydrogens is 795 g/mol. The molecular formula is C47H81N5O8S. The van der Waals surface area contributed by atoms with Gasteiger partial charge in [-0.2, -0.15) is 0 Å². The molecule has 1 aromatic heterocycles. The summed E-state index contributed by atoms with van der Waals surface area (Å²) in [5.74, 6) is -0.891. The number of thiazole rings is 1. The summed E-state index contributed by atoms with van der Waals surface area (Å²) in [5.41, 5.74) is 0.994. The molecule has 3 N–H and O–H groups in total. The van der Waals surface area contributed by atoms with Crippen molar-refractivity contribution in [2.75, 3.05) is 33.4 Å². The average molecular weight is 876 g/mol. The molecule has 0 aliphatic rings. The monoisotopic (exact) mass is 876 g/mol. The highest BCUT2D eigenvalue weighted by atomic mass is 32.1. The topological polar surface area (TPSA) is 167 Å². The molecule has 2 aromatic rings. The third-order valence-corrected chi connectivity index (χ3v) is 10.2. The first kappa shape index (κ1) is 58.8. The van der Waals surface area contributed by atoms with Crippen molar-refractivity contribution in [2.45, 2.75) is 153 Å². The van der Waals surface area contributed by atoms with Crippen LogP contribution < -0.4 is 10.6 Å². The first-order chi connectivity index (χ1) is 29.0. The maximum atomic E-state index is 13.4. The van der Waals surface area contributed by atoms with Crippen LogP contribution in [0.15, 0.2) is 42.0 Å². The number of carbonyl (C=O) groups excluding carboxylic acids is 5. The van der Waals surface area contributed by atoms with Gasteiger partial charge in [0.1, 0.15) is 22.7 Å². The molecule has 3 amide bonds. The number of carbonyl (C=O) groups is 5. The first-order valence-electron chi connectivity index (χ1n) is 22.1. The fourth-order valence-corrected chi connectivity index (χ4v) is 6.48. The number of nitrogens with one attached hydrogen (secondary N) is 2. The van der Waals surface area contributed by atoms with Crippen molar-refractivity contribution >= 4 is 41.8 Å². The van der Waals surface area contributed by atoms with Crippen LogP contribution in [0, 0.1) is 17.8 Å². The lowest BCUT2D eigenvalue weighted by atomic mass is 9.96. The van der Waals surface area contributed by atoms with Crippen molar-refractivity contribution in [3.63, 3.8) is 0 Å². The van der Waals surface area contributed by atoms with E-state index in [1.807, 2.05) is 41.5 Å². The van der Waals surface area contributed by atoms with Gasteiger partial charge in [0.25, 0.3) is 5.91 Å². The van der Waals surface area contributed by atoms with E-state index in [1.54, 1.807) is 36.6 Å². The molecule has 0 saturated heterocycles. The van der Waals surface area contributed by atoms with E-state index in [1.165, 1.54) is 50.6 Å². The van der Waals surface area contributed by atoms with Crippen LogP contribution in [-0.2, 0) is 35.1 Å². The van der Waals surface area contributed by atoms with Crippen LogP contribution in [0.1, 0.15) is 155 Å². The van der Waals surface area contributed by atoms with E-state index in [9.17, 15) is 29.1 Å². The van der Waals surface area contributed by atoms with Crippen LogP contribution >= 0.6 is 11.3 Å². The van der Waals surface area contributed by atoms with Gasteiger partial charge in [0.15, 0.2) is 12.8 Å². The molecule has 0 spiro atoms. The molecule has 0 aliphatic heterocycles. The third kappa shape index (κ3) is 27.3. The third-order valence-electron chi connectivity index (χ3n) is 9.24. The molecule has 14 heteroatoms. The van der Waals surface area contributed by atoms with Gasteiger partial charge in [-0.05, 0) is 68.9 Å². The quantitative estimate of drug-likeness (QED) is 0.0359. The molecule has 13 nitrogen and oxygen atoms in total. The first-order valence-corrected chi connectivity index (χ1v) is 23.0. The summed E-state index contributed by atoms with van der Waals surface area (Å²) in [7, 11) is 2.16. The summed E-state index contributed by atoms with van der Waals surface area (Å²) in [6.45, 7) is 29.7. The second kappa shape index (κ2) is 35.3. The SMILES string of the molecule is C=C(CC(C)C)OCN(C(=O)CNC=O)C(CC(OC(C)=O)c1nc(C(=O)NC(Cc2ccc(O)cc2)CC(C)C=O)cs1)C(C)C.CC.CCCC.CCCCN(C)CC. The number of amides is 3. The normalized spacial score (nSPS) is 12.5. The number of phenols is 1. The fraction of sp³-hybridized carbons (Fsp3) is 0.660. The zero-order valence-electron chi connectivity index (χ0n) is 39.8. The van der Waals surface area contributed by atoms with E-state index < -0.39 is 36.0 Å². The number of nitrogens with zero attached hydrogens (tertiary/aromatic N) is 3. The van der Waals surface area contributed by atoms with Crippen molar-refractivity contribution in [1.82, 2.24) is 25.4 Å². The lowest BCUT2D eigenvalue weighted by Crippen LogP contribution is -2.48. The molecule has 1 aromatic carbocycles. The van der Waals surface area contributed by atoms with Crippen molar-refractivity contribution in [3.8, 4) is 5.75 Å². The predicted molar refractivity (Wildman–Crippen MR) is 248 cm³/mol. The highest BCUT2D eigenvalue weighted by Gasteiger charge is 2.33. The number of aromatic hydroxyl groups is 1. The highest BCUT2D eigenvalue weighted by molar-refractivity contribution is 7.09. The van der Waals surface area contributed by atoms with Crippen LogP contribution in [0.2, 0.25) is 0 Å². The van der Waals surface area contributed by atoms with Crippen molar-refractivity contribution in [3.05, 3.63) is 58.2 Å². The molecule has 348 valence electrons. The molecule has 0 saturated carbocycles. The summed E-state index contributed by atoms with van der Waals surface area (Å²) in [6.07, 6.45) is 7.26. The zero-order valence-corrected chi connectivity index (χ0v) is 40.6. The largest absolute Gasteiger partial charge is 0.508 e. The van der Waals surface area contributed by atoms with Crippen LogP contribution in [0.4, 0.5) is 0 Å². The van der Waals surface area contributed by atoms with E-state index >= 15 is 0 Å². The van der Waals surface area contributed by atoms with Gasteiger partial charge >= 0.3 is 5.97 Å². The fourth-order valence-electron chi connectivity index (χ4n) is 5.64. The van der Waals surface area contributed by atoms with Crippen molar-refractivity contribution in [1.29, 1.82) is 0 Å². The van der Waals surface area contributed by atoms with Crippen molar-refractivity contribution in [2.24, 2.45) is 17.8 Å². The number of hydrogen-bond acceptors (Lipinski definition) is 11. The van der Waals surface area contributed by atoms with Gasteiger partial charge in [-0.3, -0.25) is 19.2 Å². The molecule has 4 unspecified atom stereocenters. The number of esters is 1. The maximum absolute atomic E-state index is 13.4. The number of aldehydes is 1. The van der Waals surface area contributed by atoms with Gasteiger partial charge in [-0.1, -0.05) is 114 Å². The van der Waals surface area contributed by atoms with E-state index in [0.717, 1.165) is 23.2 Å². The minimum atomic E-state index is -0.887. The van der Waals surface area contributed by atoms with E-state index in [2.05, 4.69) is 61.8 Å². The molecule has 0 bridgehead atoms. The van der Waals surface area contributed by atoms with Crippen LogP contribution in [-0.4, -0.2) is 95.9 Å². The summed E-state index contributed by atoms with van der Waals surface area (Å²) in [5, 5.41) is 16.9. The van der Waals surface area contributed by atoms with Crippen LogP contribution in [0.3, 0.4) is 0 Å². The number of hydrogen-bond donors (Lipinski definition) is 3. The predicted octanol–water partition coefficient (Wildman–Crippen LogP) is 9.11. The molecule has 0 fully saturated rings. The number of rotatable bonds is 26. The second-order valence-electron chi connectivity index (χ2n) is 15.6. The lowest BCUT2D eigenvalue weighted by Gasteiger charge is -2.36. The highest BCUT2D eigenvalue weighted by Crippen LogP contribution is 2.31. The smallest absolute Gasteiger partial charge is 0.303 e. The Morgan fingerprint density at radius 3 is 2.08 bits per heavy atom. The summed E-state index contributed by atoms with van der Waals surface area (Å²) < 4.78 is 11.5. The van der Waals surface area contributed by atoms with Gasteiger partial charge in [0, 0.05) is 43.1 Å². The van der Waals surface area contributed by atoms with Gasteiger partial charge in [0.05, 0.1) is 12.3 Å². The van der Waals surface area contributed by atoms with Crippen LogP contribution in [0.25, 0.3) is 0 Å². The number of benzene rings is 1. The minimum absolute atomic E-state index is 0.117. The van der Waals surface area contributed by atoms with E-state index in [0.29, 0.717) is 42.4 Å². The Balaban J connectivity index is 0. The van der Waals surface area contributed by atoms with Gasteiger partial charge in [-0.15, -0.1) is 11.3 Å². The summed E-state index contributed by atoms with van der Waals surface area (Å²) >= 11 is 1.15. The number of phenolic OH excluding ortho intramolecular Hbond substituents is 1. The van der Waals surface area contributed by atoms with E-state index in [4.69, 9.17) is 9.47 Å². The zero-order chi connectivity index (χ0) is 46.9. The average Bonchev–Trinajstić information content (AvgIpc) is 3.73. The number of aromatic nitrogens is 1. The standard InChI is InChI=1S/C34H48N4O8S.C7H17N.C4H10.C2H6/c1-21(2)12-24(6)45-20-38(32(43)16-35-19-40)30(22(3)4)15-31(46-25(7)41)34-37-29(18-47-34)33(44)36-27(13-23(5)17-39)14-26-8-10-28(42)11-9-26;1-4-6-7-8(3)5-2;1-3-4-2;1-2/h8-11,17-19,21-23,27,30-31,42H,6,12-16,20H2,1-5,7H3,(H,35,40)(H,36,44);4-7H2,1-3H3;3-4H2,1-2H3;1-2H3. The Hall–Kier alpha value is -4.30. The van der Waals surface area contributed by atoms with Gasteiger partial charge in [0.2, 0.25) is 12.3 Å². The number of allylic oxidation sites excluding steroid dienone is 1. The lowest BCUT2D eigenvalue weighted by molar-refractivity contribution is -0.150. The Morgan fingerprint density at radius 2 is 1.59 bits per heavy atom. The molecule has 0 aliphatic carbocycles. The Bertz CT molecular complexity index is 1500. The molecule has 61 heavy (non-hydrogen) atoms. The van der Waals surface area contributed by atoms with Crippen molar-refractivity contribution < 1.29 is 38.6 Å². The molecule has 4 atom stereocenters. The molecule has 1 heterocycles.